The number of carbonyl (C=O) groups is 9. The van der Waals surface area contributed by atoms with Crippen LogP contribution in [-0.2, 0) is 93.8 Å². The number of aromatic nitrogens is 6. The number of nitrogens with zero attached hydrogens (tertiary/aromatic N) is 10. The van der Waals surface area contributed by atoms with E-state index in [1.165, 1.54) is 27.0 Å². The standard InChI is InChI=1S/C52H82N8O13.C48H78N8O11.CH4/c1-15-24-68-47(64)54-29-37-26-39(58(12)13)42(62)46(69-37)71-44-32(4)41(61)33(5)45(63)70-40(16-2)52(11)43(34(6)53-28-31(3)27-51(44,10)67-14)60(49(66)73-52)23-18-17-22-59-30-38(56-57-59)35-20-19-21-36(25-35)55-48(65)72-50(7,8)9;1-14-37-48(10)40(56(45(61)67-48)21-16-15-20-55-27-35(52-53-55)32-18-17-19-33(22-32)51-44(60)66-46(6,7)8)31(5)50-26-28(2)24-47(9,62-13)41(29(3)38(57)30(4)42(59)64-37)65-43-39(58)36(54(11)12)23-34(25-49)63-43;/h15,19-21,25,30-34,37,39-40,42-44,46,53,62H,1,16-18,22-24,26-29H2,2-14H3,(H,54,64)(H,55,65);17-19,22,27-31,34,36-37,39-41,43,50,58H,14-16,20-21,23-26,49H2,1-13H3,(H,51,60);1H4/t31-,32+,33-,34-,37?,39?,40-,42?,43-,44-,46+,51-,52-;28-,29+,30-,31-,34?,36?,37-,39?,40-,41-,43+,47-,48-;/m11./s1. The van der Waals surface area contributed by atoms with Gasteiger partial charge in [0.1, 0.15) is 65.4 Å². The number of likely N-dealkylation sites (N-methyl/N-ethyl adjacent to an activating group) is 2. The van der Waals surface area contributed by atoms with Gasteiger partial charge in [-0.25, -0.2) is 24.0 Å². The number of fused-ring (bicyclic) bond motifs is 2. The lowest BCUT2D eigenvalue weighted by molar-refractivity contribution is -0.296. The highest BCUT2D eigenvalue weighted by molar-refractivity contribution is 6.01. The van der Waals surface area contributed by atoms with Gasteiger partial charge in [0.25, 0.3) is 0 Å². The first kappa shape index (κ1) is 117. The minimum absolute atomic E-state index is 0. The van der Waals surface area contributed by atoms with Gasteiger partial charge in [-0.15, -0.1) is 10.2 Å². The summed E-state index contributed by atoms with van der Waals surface area (Å²) in [5.41, 5.74) is 3.84. The number of ether oxygens (including phenoxy) is 13. The first-order valence-electron chi connectivity index (χ1n) is 49.4. The smallest absolute Gasteiger partial charge is 0.412 e. The second-order valence-corrected chi connectivity index (χ2v) is 41.9. The number of anilines is 2. The molecule has 0 spiro atoms. The average molecular weight is 1990 g/mol. The van der Waals surface area contributed by atoms with Crippen LogP contribution in [0.2, 0.25) is 0 Å². The zero-order valence-electron chi connectivity index (χ0n) is 87.1. The van der Waals surface area contributed by atoms with Crippen LogP contribution in [0.25, 0.3) is 22.5 Å². The van der Waals surface area contributed by atoms with Crippen LogP contribution < -0.4 is 32.3 Å². The quantitative estimate of drug-likeness (QED) is 0.00823. The maximum Gasteiger partial charge on any atom is 0.412 e. The van der Waals surface area contributed by atoms with Crippen LogP contribution in [0.15, 0.2) is 73.6 Å². The first-order chi connectivity index (χ1) is 65.8. The number of hydrogen-bond donors (Lipinski definition) is 8. The molecule has 9 N–H and O–H groups in total. The normalized spacial score (nSPS) is 32.4. The number of alkyl carbamates (subject to hydrolysis) is 1. The molecule has 6 aliphatic rings. The summed E-state index contributed by atoms with van der Waals surface area (Å²) in [6, 6.07) is 11.9. The van der Waals surface area contributed by atoms with Crippen molar-refractivity contribution in [1.29, 1.82) is 0 Å². The molecule has 6 aliphatic heterocycles. The molecule has 6 unspecified atom stereocenters. The average Bonchev–Trinajstić information content (AvgIpc) is 1.60. The predicted octanol–water partition coefficient (Wildman–Crippen LogP) is 11.6. The van der Waals surface area contributed by atoms with Crippen molar-refractivity contribution in [2.24, 2.45) is 41.2 Å². The van der Waals surface area contributed by atoms with E-state index in [1.54, 1.807) is 120 Å². The minimum Gasteiger partial charge on any atom is -0.458 e. The Morgan fingerprint density at radius 1 is 0.589 bits per heavy atom. The van der Waals surface area contributed by atoms with Crippen molar-refractivity contribution in [3.05, 3.63) is 73.6 Å². The number of amides is 5. The number of nitrogens with two attached hydrogens (primary N) is 1. The maximum atomic E-state index is 14.6. The number of methoxy groups -OCH3 is 2. The van der Waals surface area contributed by atoms with Crippen molar-refractivity contribution in [3.63, 3.8) is 0 Å². The number of benzene rings is 2. The molecule has 26 atom stereocenters. The molecule has 0 radical (unpaired) electrons. The summed E-state index contributed by atoms with van der Waals surface area (Å²) < 4.78 is 82.8. The molecule has 0 bridgehead atoms. The number of ketones is 2. The SMILES string of the molecule is C.C=CCOC(=O)NCC1CC(N(C)C)C(O)[C@H](O[C@@H]2[C@@H](C)C(=O)[C@@H](C)C(=O)O[C@H](CC)[C@@]3(C)OC(=O)N(CCCCn4cc(-c5cccc(NC(=O)OC(C)(C)C)c5)nn4)[C@@H]3[C@@H](C)NC[C@H](C)C[C@@]2(C)OC)O1.CC[C@H]1OC(=O)[C@H](C)C(=O)[C@H](C)[C@@H](O[C@@H]2OC(CN)CC(N(C)C)C2O)[C@](C)(OC)C[C@@H](C)CN[C@H](C)[C@H]2N(CCCCn3cc(-c4cccc(NC(=O)OC(C)(C)C)c4)nn3)C(=O)O[C@]12C. The van der Waals surface area contributed by atoms with Gasteiger partial charge in [-0.05, 0) is 239 Å². The van der Waals surface area contributed by atoms with Gasteiger partial charge in [0.05, 0.1) is 60.1 Å². The van der Waals surface area contributed by atoms with Crippen LogP contribution in [0.5, 0.6) is 0 Å². The van der Waals surface area contributed by atoms with Crippen LogP contribution in [0.3, 0.4) is 0 Å². The fourth-order valence-corrected chi connectivity index (χ4v) is 20.3. The summed E-state index contributed by atoms with van der Waals surface area (Å²) >= 11 is 0. The Bertz CT molecular complexity index is 4780. The number of aryl methyl sites for hydroxylation is 2. The molecule has 5 amide bonds. The molecule has 40 heteroatoms. The minimum atomic E-state index is -1.31. The maximum absolute atomic E-state index is 14.6. The van der Waals surface area contributed by atoms with E-state index in [9.17, 15) is 53.4 Å². The van der Waals surface area contributed by atoms with E-state index in [4.69, 9.17) is 67.3 Å². The number of carbonyl (C=O) groups excluding carboxylic acids is 9. The predicted molar refractivity (Wildman–Crippen MR) is 529 cm³/mol. The van der Waals surface area contributed by atoms with Crippen molar-refractivity contribution in [2.45, 2.75) is 354 Å². The monoisotopic (exact) mass is 1990 g/mol. The molecule has 2 aromatic heterocycles. The van der Waals surface area contributed by atoms with E-state index in [0.717, 1.165) is 11.1 Å². The lowest BCUT2D eigenvalue weighted by atomic mass is 9.78. The van der Waals surface area contributed by atoms with Crippen molar-refractivity contribution in [3.8, 4) is 22.5 Å². The second-order valence-electron chi connectivity index (χ2n) is 41.9. The van der Waals surface area contributed by atoms with Crippen LogP contribution in [0.1, 0.15) is 210 Å². The van der Waals surface area contributed by atoms with Gasteiger partial charge < -0.3 is 103 Å². The fourth-order valence-electron chi connectivity index (χ4n) is 20.3. The summed E-state index contributed by atoms with van der Waals surface area (Å²) in [7, 11) is 10.5. The molecule has 0 saturated carbocycles. The zero-order chi connectivity index (χ0) is 104. The van der Waals surface area contributed by atoms with E-state index in [1.807, 2.05) is 123 Å². The number of esters is 2. The molecular weight excluding hydrogens is 1820 g/mol. The summed E-state index contributed by atoms with van der Waals surface area (Å²) in [4.78, 5) is 130. The van der Waals surface area contributed by atoms with E-state index in [0.29, 0.717) is 120 Å². The number of unbranched alkanes of at least 4 members (excludes halogenated alkanes) is 2. The molecule has 10 rings (SSSR count). The highest BCUT2D eigenvalue weighted by Gasteiger charge is 2.62. The molecule has 40 nitrogen and oxygen atoms in total. The highest BCUT2D eigenvalue weighted by Crippen LogP contribution is 2.45. The van der Waals surface area contributed by atoms with Gasteiger partial charge in [-0.1, -0.05) is 96.3 Å². The first-order valence-corrected chi connectivity index (χ1v) is 49.4. The van der Waals surface area contributed by atoms with Gasteiger partial charge in [0.15, 0.2) is 35.3 Å². The summed E-state index contributed by atoms with van der Waals surface area (Å²) in [5.74, 6) is -6.98. The second kappa shape index (κ2) is 50.9. The molecule has 0 aliphatic carbocycles. The molecule has 141 heavy (non-hydrogen) atoms. The third-order valence-corrected chi connectivity index (χ3v) is 27.7. The largest absolute Gasteiger partial charge is 0.458 e. The van der Waals surface area contributed by atoms with Crippen molar-refractivity contribution < 1.29 is 115 Å². The van der Waals surface area contributed by atoms with Crippen LogP contribution >= 0.6 is 0 Å². The third-order valence-electron chi connectivity index (χ3n) is 27.7. The fraction of sp³-hybridized carbons (Fsp3) is 0.733. The molecule has 792 valence electrons. The van der Waals surface area contributed by atoms with E-state index >= 15 is 0 Å². The van der Waals surface area contributed by atoms with Gasteiger partial charge in [0.2, 0.25) is 0 Å². The van der Waals surface area contributed by atoms with Crippen molar-refractivity contribution in [2.75, 3.05) is 98.9 Å². The topological polar surface area (TPSA) is 475 Å². The van der Waals surface area contributed by atoms with E-state index in [2.05, 4.69) is 60.7 Å². The van der Waals surface area contributed by atoms with Gasteiger partial charge in [0, 0.05) is 112 Å². The zero-order valence-corrected chi connectivity index (χ0v) is 87.1. The summed E-state index contributed by atoms with van der Waals surface area (Å²) in [5, 5.41) is 56.2. The number of cyclic esters (lactones) is 2. The van der Waals surface area contributed by atoms with Gasteiger partial charge >= 0.3 is 42.4 Å². The lowest BCUT2D eigenvalue weighted by Gasteiger charge is -2.47. The molecule has 8 heterocycles. The third kappa shape index (κ3) is 30.1. The molecular formula is C101H164N16O24. The molecule has 4 aromatic rings. The Hall–Kier alpha value is -9.43. The number of Topliss-reactive ketones (excluding diaryl/α,β-unsaturated/α-hetero) is 2. The lowest BCUT2D eigenvalue weighted by Crippen LogP contribution is -2.61. The van der Waals surface area contributed by atoms with Crippen molar-refractivity contribution >= 4 is 65.3 Å². The van der Waals surface area contributed by atoms with Crippen LogP contribution in [-0.4, -0.2) is 333 Å². The highest BCUT2D eigenvalue weighted by atomic mass is 16.7. The Morgan fingerprint density at radius 3 is 1.33 bits per heavy atom. The van der Waals surface area contributed by atoms with Crippen LogP contribution in [0, 0.1) is 35.5 Å². The molecule has 2 aromatic carbocycles. The number of hydrogen-bond acceptors (Lipinski definition) is 33. The van der Waals surface area contributed by atoms with E-state index in [-0.39, 0.29) is 63.5 Å². The number of aliphatic hydroxyl groups excluding tert-OH is 2. The van der Waals surface area contributed by atoms with Gasteiger partial charge in [-0.3, -0.25) is 49.0 Å². The molecule has 6 saturated heterocycles. The Morgan fingerprint density at radius 2 is 0.972 bits per heavy atom. The molecule has 6 fully saturated rings. The number of rotatable bonds is 29. The Balaban J connectivity index is 0.000000344. The summed E-state index contributed by atoms with van der Waals surface area (Å²) in [6.45, 7) is 42.8. The van der Waals surface area contributed by atoms with Crippen LogP contribution in [0.4, 0.5) is 35.3 Å². The Kier molecular flexibility index (Phi) is 42.2. The summed E-state index contributed by atoms with van der Waals surface area (Å²) in [6.07, 6.45) is -2.41. The van der Waals surface area contributed by atoms with E-state index < -0.39 is 191 Å². The van der Waals surface area contributed by atoms with Crippen molar-refractivity contribution in [1.82, 2.24) is 65.5 Å². The number of nitrogens with one attached hydrogen (secondary N) is 5. The Labute approximate surface area is 832 Å². The van der Waals surface area contributed by atoms with Gasteiger partial charge in [-0.2, -0.15) is 0 Å². The number of aliphatic hydroxyl groups is 2.